The second-order valence-electron chi connectivity index (χ2n) is 3.42. The molecule has 0 aliphatic carbocycles. The number of benzene rings is 1. The van der Waals surface area contributed by atoms with Crippen LogP contribution in [0.15, 0.2) is 18.2 Å². The van der Waals surface area contributed by atoms with E-state index in [1.807, 2.05) is 6.92 Å². The largest absolute Gasteiger partial charge is 0.315 e. The minimum absolute atomic E-state index is 0.114. The zero-order valence-electron chi connectivity index (χ0n) is 7.10. The molecule has 1 N–H and O–H groups in total. The molecule has 0 unspecified atom stereocenters. The maximum atomic E-state index is 12.9. The van der Waals surface area contributed by atoms with E-state index in [1.165, 1.54) is 0 Å². The third-order valence-corrected chi connectivity index (χ3v) is 2.32. The normalized spacial score (nSPS) is 17.5. The summed E-state index contributed by atoms with van der Waals surface area (Å²) in [5.74, 6) is 0.413. The van der Waals surface area contributed by atoms with Crippen molar-refractivity contribution in [2.45, 2.75) is 12.8 Å². The standard InChI is InChI=1S/C10H12FN/c1-7-2-8(4-10(11)3-7)9-5-12-6-9/h2-4,9,12H,5-6H2,1H3. The summed E-state index contributed by atoms with van der Waals surface area (Å²) in [6.45, 7) is 3.91. The highest BCUT2D eigenvalue weighted by atomic mass is 19.1. The molecule has 0 bridgehead atoms. The van der Waals surface area contributed by atoms with Gasteiger partial charge in [-0.15, -0.1) is 0 Å². The van der Waals surface area contributed by atoms with Gasteiger partial charge in [0.1, 0.15) is 5.82 Å². The monoisotopic (exact) mass is 165 g/mol. The van der Waals surface area contributed by atoms with E-state index in [4.69, 9.17) is 0 Å². The van der Waals surface area contributed by atoms with Crippen LogP contribution in [-0.2, 0) is 0 Å². The molecule has 1 heterocycles. The summed E-state index contributed by atoms with van der Waals surface area (Å²) in [5, 5.41) is 3.18. The number of hydrogen-bond donors (Lipinski definition) is 1. The molecular formula is C10H12FN. The van der Waals surface area contributed by atoms with Crippen LogP contribution in [0.4, 0.5) is 4.39 Å². The number of hydrogen-bond acceptors (Lipinski definition) is 1. The topological polar surface area (TPSA) is 12.0 Å². The van der Waals surface area contributed by atoms with Gasteiger partial charge in [0.05, 0.1) is 0 Å². The summed E-state index contributed by atoms with van der Waals surface area (Å²) in [7, 11) is 0. The van der Waals surface area contributed by atoms with Gasteiger partial charge in [0, 0.05) is 19.0 Å². The Bertz CT molecular complexity index is 272. The first-order chi connectivity index (χ1) is 5.75. The van der Waals surface area contributed by atoms with Crippen molar-refractivity contribution in [3.8, 4) is 0 Å². The summed E-state index contributed by atoms with van der Waals surface area (Å²) in [6, 6.07) is 5.27. The average Bonchev–Trinajstić information content (AvgIpc) is 1.79. The molecule has 1 fully saturated rings. The van der Waals surface area contributed by atoms with E-state index in [1.54, 1.807) is 12.1 Å². The van der Waals surface area contributed by atoms with E-state index in [9.17, 15) is 4.39 Å². The van der Waals surface area contributed by atoms with Crippen molar-refractivity contribution in [3.63, 3.8) is 0 Å². The van der Waals surface area contributed by atoms with Crippen molar-refractivity contribution in [1.29, 1.82) is 0 Å². The van der Waals surface area contributed by atoms with E-state index >= 15 is 0 Å². The van der Waals surface area contributed by atoms with Gasteiger partial charge in [-0.25, -0.2) is 4.39 Å². The first kappa shape index (κ1) is 7.74. The minimum Gasteiger partial charge on any atom is -0.315 e. The van der Waals surface area contributed by atoms with E-state index in [0.29, 0.717) is 5.92 Å². The maximum absolute atomic E-state index is 12.9. The lowest BCUT2D eigenvalue weighted by atomic mass is 9.92. The molecule has 0 atom stereocenters. The molecule has 1 aliphatic rings. The molecule has 12 heavy (non-hydrogen) atoms. The van der Waals surface area contributed by atoms with E-state index in [-0.39, 0.29) is 5.82 Å². The smallest absolute Gasteiger partial charge is 0.123 e. The molecule has 1 aliphatic heterocycles. The van der Waals surface area contributed by atoms with Gasteiger partial charge in [-0.1, -0.05) is 6.07 Å². The molecule has 1 aromatic carbocycles. The molecule has 0 amide bonds. The van der Waals surface area contributed by atoms with Crippen LogP contribution >= 0.6 is 0 Å². The Morgan fingerprint density at radius 1 is 1.33 bits per heavy atom. The summed E-state index contributed by atoms with van der Waals surface area (Å²) in [5.41, 5.74) is 2.14. The molecule has 1 aromatic rings. The van der Waals surface area contributed by atoms with Crippen LogP contribution in [0, 0.1) is 12.7 Å². The molecule has 2 heteroatoms. The van der Waals surface area contributed by atoms with Gasteiger partial charge in [-0.3, -0.25) is 0 Å². The maximum Gasteiger partial charge on any atom is 0.123 e. The third kappa shape index (κ3) is 1.34. The van der Waals surface area contributed by atoms with Gasteiger partial charge in [0.15, 0.2) is 0 Å². The van der Waals surface area contributed by atoms with Crippen molar-refractivity contribution in [1.82, 2.24) is 5.32 Å². The second-order valence-corrected chi connectivity index (χ2v) is 3.42. The Labute approximate surface area is 71.6 Å². The highest BCUT2D eigenvalue weighted by Gasteiger charge is 2.19. The highest BCUT2D eigenvalue weighted by Crippen LogP contribution is 2.21. The van der Waals surface area contributed by atoms with Crippen molar-refractivity contribution in [2.24, 2.45) is 0 Å². The Morgan fingerprint density at radius 2 is 2.08 bits per heavy atom. The predicted octanol–water partition coefficient (Wildman–Crippen LogP) is 1.82. The van der Waals surface area contributed by atoms with E-state index in [2.05, 4.69) is 11.4 Å². The minimum atomic E-state index is -0.114. The zero-order chi connectivity index (χ0) is 8.55. The van der Waals surface area contributed by atoms with Crippen LogP contribution in [0.2, 0.25) is 0 Å². The lowest BCUT2D eigenvalue weighted by molar-refractivity contribution is 0.446. The molecular weight excluding hydrogens is 153 g/mol. The summed E-state index contributed by atoms with van der Waals surface area (Å²) >= 11 is 0. The first-order valence-electron chi connectivity index (χ1n) is 4.23. The highest BCUT2D eigenvalue weighted by molar-refractivity contribution is 5.28. The van der Waals surface area contributed by atoms with Crippen LogP contribution < -0.4 is 5.32 Å². The Morgan fingerprint density at radius 3 is 2.58 bits per heavy atom. The molecule has 0 aromatic heterocycles. The number of nitrogens with one attached hydrogen (secondary N) is 1. The van der Waals surface area contributed by atoms with Gasteiger partial charge in [-0.05, 0) is 30.2 Å². The second kappa shape index (κ2) is 2.87. The van der Waals surface area contributed by atoms with Crippen molar-refractivity contribution >= 4 is 0 Å². The fourth-order valence-corrected chi connectivity index (χ4v) is 1.52. The SMILES string of the molecule is Cc1cc(F)cc(C2CNC2)c1. The Hall–Kier alpha value is -0.890. The van der Waals surface area contributed by atoms with Gasteiger partial charge >= 0.3 is 0 Å². The van der Waals surface area contributed by atoms with Crippen LogP contribution in [0.5, 0.6) is 0 Å². The van der Waals surface area contributed by atoms with Crippen molar-refractivity contribution < 1.29 is 4.39 Å². The van der Waals surface area contributed by atoms with Crippen LogP contribution in [-0.4, -0.2) is 13.1 Å². The lowest BCUT2D eigenvalue weighted by Crippen LogP contribution is -2.39. The number of aryl methyl sites for hydroxylation is 1. The Balaban J connectivity index is 2.30. The van der Waals surface area contributed by atoms with Gasteiger partial charge < -0.3 is 5.32 Å². The molecule has 0 spiro atoms. The third-order valence-electron chi connectivity index (χ3n) is 2.32. The van der Waals surface area contributed by atoms with E-state index in [0.717, 1.165) is 24.2 Å². The van der Waals surface area contributed by atoms with Crippen LogP contribution in [0.1, 0.15) is 17.0 Å². The Kier molecular flexibility index (Phi) is 1.85. The quantitative estimate of drug-likeness (QED) is 0.669. The number of rotatable bonds is 1. The van der Waals surface area contributed by atoms with Gasteiger partial charge in [-0.2, -0.15) is 0 Å². The average molecular weight is 165 g/mol. The fourth-order valence-electron chi connectivity index (χ4n) is 1.52. The molecule has 0 radical (unpaired) electrons. The fraction of sp³-hybridized carbons (Fsp3) is 0.400. The molecule has 0 saturated carbocycles. The van der Waals surface area contributed by atoms with Crippen molar-refractivity contribution in [3.05, 3.63) is 35.1 Å². The van der Waals surface area contributed by atoms with Gasteiger partial charge in [0.2, 0.25) is 0 Å². The van der Waals surface area contributed by atoms with E-state index < -0.39 is 0 Å². The predicted molar refractivity (Wildman–Crippen MR) is 46.7 cm³/mol. The molecule has 1 saturated heterocycles. The van der Waals surface area contributed by atoms with Crippen molar-refractivity contribution in [2.75, 3.05) is 13.1 Å². The first-order valence-corrected chi connectivity index (χ1v) is 4.23. The zero-order valence-corrected chi connectivity index (χ0v) is 7.10. The summed E-state index contributed by atoms with van der Waals surface area (Å²) in [4.78, 5) is 0. The molecule has 1 nitrogen and oxygen atoms in total. The lowest BCUT2D eigenvalue weighted by Gasteiger charge is -2.27. The molecule has 2 rings (SSSR count). The van der Waals surface area contributed by atoms with Crippen LogP contribution in [0.3, 0.4) is 0 Å². The summed E-state index contributed by atoms with van der Waals surface area (Å²) in [6.07, 6.45) is 0. The molecule has 64 valence electrons. The van der Waals surface area contributed by atoms with Gasteiger partial charge in [0.25, 0.3) is 0 Å². The van der Waals surface area contributed by atoms with Crippen LogP contribution in [0.25, 0.3) is 0 Å². The number of halogens is 1. The summed E-state index contributed by atoms with van der Waals surface area (Å²) < 4.78 is 12.9.